The molecule has 7 heteroatoms. The van der Waals surface area contributed by atoms with Crippen molar-refractivity contribution in [2.45, 2.75) is 25.7 Å². The summed E-state index contributed by atoms with van der Waals surface area (Å²) < 4.78 is 22.0. The summed E-state index contributed by atoms with van der Waals surface area (Å²) >= 11 is 0. The fourth-order valence-electron chi connectivity index (χ4n) is 5.08. The van der Waals surface area contributed by atoms with E-state index < -0.39 is 0 Å². The number of methoxy groups -OCH3 is 4. The van der Waals surface area contributed by atoms with Crippen molar-refractivity contribution in [3.05, 3.63) is 77.4 Å². The topological polar surface area (TPSA) is 46.6 Å². The maximum absolute atomic E-state index is 5.57. The molecule has 1 saturated heterocycles. The molecule has 1 aliphatic heterocycles. The second-order valence-corrected chi connectivity index (χ2v) is 9.53. The Balaban J connectivity index is 1.66. The van der Waals surface area contributed by atoms with Crippen LogP contribution in [0, 0.1) is 0 Å². The highest BCUT2D eigenvalue weighted by molar-refractivity contribution is 5.47. The van der Waals surface area contributed by atoms with Gasteiger partial charge in [-0.05, 0) is 59.5 Å². The standard InChI is InChI=1S/C30H39N3O4/c1-31(2)25-12-10-24(11-13-25)30-32(20-22-8-14-26(34-3)28(18-22)36-5)16-7-17-33(30)21-23-9-15-27(35-4)29(19-23)37-6/h8-15,18-19,30H,7,16-17,20-21H2,1-6H3. The lowest BCUT2D eigenvalue weighted by molar-refractivity contribution is -0.00914. The molecule has 0 atom stereocenters. The van der Waals surface area contributed by atoms with Crippen LogP contribution >= 0.6 is 0 Å². The van der Waals surface area contributed by atoms with Gasteiger partial charge in [-0.3, -0.25) is 9.80 Å². The van der Waals surface area contributed by atoms with Crippen molar-refractivity contribution in [3.63, 3.8) is 0 Å². The van der Waals surface area contributed by atoms with E-state index in [-0.39, 0.29) is 6.17 Å². The minimum atomic E-state index is 0.131. The molecule has 3 aromatic rings. The number of rotatable bonds is 10. The van der Waals surface area contributed by atoms with E-state index >= 15 is 0 Å². The monoisotopic (exact) mass is 505 g/mol. The molecule has 0 unspecified atom stereocenters. The molecular weight excluding hydrogens is 466 g/mol. The van der Waals surface area contributed by atoms with Crippen molar-refractivity contribution in [3.8, 4) is 23.0 Å². The Bertz CT molecular complexity index is 1100. The number of ether oxygens (including phenoxy) is 4. The third kappa shape index (κ3) is 6.12. The Morgan fingerprint density at radius 3 is 1.51 bits per heavy atom. The first kappa shape index (κ1) is 26.6. The number of anilines is 1. The number of benzene rings is 3. The molecule has 0 spiro atoms. The van der Waals surface area contributed by atoms with Crippen LogP contribution < -0.4 is 23.8 Å². The van der Waals surface area contributed by atoms with Crippen molar-refractivity contribution in [2.24, 2.45) is 0 Å². The zero-order valence-electron chi connectivity index (χ0n) is 22.9. The molecule has 198 valence electrons. The van der Waals surface area contributed by atoms with Crippen molar-refractivity contribution in [1.82, 2.24) is 9.80 Å². The van der Waals surface area contributed by atoms with Crippen LogP contribution in [0.2, 0.25) is 0 Å². The zero-order chi connectivity index (χ0) is 26.4. The zero-order valence-corrected chi connectivity index (χ0v) is 22.9. The normalized spacial score (nSPS) is 14.9. The maximum Gasteiger partial charge on any atom is 0.161 e. The summed E-state index contributed by atoms with van der Waals surface area (Å²) in [6, 6.07) is 21.3. The largest absolute Gasteiger partial charge is 0.493 e. The van der Waals surface area contributed by atoms with Crippen LogP contribution in [0.5, 0.6) is 23.0 Å². The van der Waals surface area contributed by atoms with Gasteiger partial charge in [-0.15, -0.1) is 0 Å². The van der Waals surface area contributed by atoms with Crippen molar-refractivity contribution in [1.29, 1.82) is 0 Å². The molecule has 0 aromatic heterocycles. The van der Waals surface area contributed by atoms with E-state index in [0.717, 1.165) is 55.6 Å². The molecular formula is C30H39N3O4. The highest BCUT2D eigenvalue weighted by Crippen LogP contribution is 2.36. The van der Waals surface area contributed by atoms with E-state index in [1.165, 1.54) is 22.4 Å². The first-order valence-corrected chi connectivity index (χ1v) is 12.6. The summed E-state index contributed by atoms with van der Waals surface area (Å²) in [7, 11) is 10.8. The second kappa shape index (κ2) is 12.2. The summed E-state index contributed by atoms with van der Waals surface area (Å²) in [5, 5.41) is 0. The molecule has 4 rings (SSSR count). The molecule has 0 saturated carbocycles. The first-order chi connectivity index (χ1) is 18.0. The summed E-state index contributed by atoms with van der Waals surface area (Å²) in [4.78, 5) is 7.24. The minimum Gasteiger partial charge on any atom is -0.493 e. The van der Waals surface area contributed by atoms with Gasteiger partial charge in [0, 0.05) is 46.0 Å². The molecule has 0 radical (unpaired) electrons. The van der Waals surface area contributed by atoms with Gasteiger partial charge >= 0.3 is 0 Å². The molecule has 3 aromatic carbocycles. The Labute approximate surface area is 221 Å². The predicted molar refractivity (Wildman–Crippen MR) is 148 cm³/mol. The third-order valence-corrected chi connectivity index (χ3v) is 6.96. The predicted octanol–water partition coefficient (Wildman–Crippen LogP) is 5.19. The van der Waals surface area contributed by atoms with Crippen LogP contribution in [-0.2, 0) is 13.1 Å². The Morgan fingerprint density at radius 2 is 1.11 bits per heavy atom. The molecule has 1 fully saturated rings. The van der Waals surface area contributed by atoms with Crippen LogP contribution in [0.4, 0.5) is 5.69 Å². The van der Waals surface area contributed by atoms with E-state index in [4.69, 9.17) is 18.9 Å². The lowest BCUT2D eigenvalue weighted by atomic mass is 10.0. The Kier molecular flexibility index (Phi) is 8.79. The summed E-state index contributed by atoms with van der Waals surface area (Å²) in [5.74, 6) is 3.00. The Morgan fingerprint density at radius 1 is 0.649 bits per heavy atom. The van der Waals surface area contributed by atoms with Gasteiger partial charge in [0.05, 0.1) is 34.6 Å². The maximum atomic E-state index is 5.57. The number of hydrogen-bond acceptors (Lipinski definition) is 7. The number of hydrogen-bond donors (Lipinski definition) is 0. The van der Waals surface area contributed by atoms with Crippen LogP contribution in [0.25, 0.3) is 0 Å². The first-order valence-electron chi connectivity index (χ1n) is 12.6. The molecule has 0 amide bonds. The van der Waals surface area contributed by atoms with Crippen LogP contribution in [0.1, 0.15) is 29.3 Å². The quantitative estimate of drug-likeness (QED) is 0.376. The van der Waals surface area contributed by atoms with Crippen molar-refractivity contribution < 1.29 is 18.9 Å². The van der Waals surface area contributed by atoms with E-state index in [1.807, 2.05) is 12.1 Å². The highest BCUT2D eigenvalue weighted by atomic mass is 16.5. The lowest BCUT2D eigenvalue weighted by Crippen LogP contribution is -2.46. The molecule has 37 heavy (non-hydrogen) atoms. The molecule has 1 aliphatic rings. The molecule has 1 heterocycles. The Hall–Kier alpha value is -3.42. The fourth-order valence-corrected chi connectivity index (χ4v) is 5.08. The van der Waals surface area contributed by atoms with Crippen LogP contribution in [0.15, 0.2) is 60.7 Å². The molecule has 7 nitrogen and oxygen atoms in total. The minimum absolute atomic E-state index is 0.131. The van der Waals surface area contributed by atoms with Crippen LogP contribution in [-0.4, -0.2) is 65.4 Å². The van der Waals surface area contributed by atoms with Gasteiger partial charge in [0.1, 0.15) is 0 Å². The third-order valence-electron chi connectivity index (χ3n) is 6.96. The molecule has 0 N–H and O–H groups in total. The SMILES string of the molecule is COc1ccc(CN2CCCN(Cc3ccc(OC)c(OC)c3)C2c2ccc(N(C)C)cc2)cc1OC. The smallest absolute Gasteiger partial charge is 0.161 e. The fraction of sp³-hybridized carbons (Fsp3) is 0.400. The average Bonchev–Trinajstić information content (AvgIpc) is 2.93. The van der Waals surface area contributed by atoms with Crippen LogP contribution in [0.3, 0.4) is 0 Å². The van der Waals surface area contributed by atoms with Crippen molar-refractivity contribution in [2.75, 3.05) is 60.5 Å². The van der Waals surface area contributed by atoms with Crippen molar-refractivity contribution >= 4 is 5.69 Å². The van der Waals surface area contributed by atoms with E-state index in [9.17, 15) is 0 Å². The lowest BCUT2D eigenvalue weighted by Gasteiger charge is -2.44. The van der Waals surface area contributed by atoms with Gasteiger partial charge in [0.2, 0.25) is 0 Å². The van der Waals surface area contributed by atoms with Gasteiger partial charge < -0.3 is 23.8 Å². The van der Waals surface area contributed by atoms with Gasteiger partial charge in [-0.2, -0.15) is 0 Å². The van der Waals surface area contributed by atoms with Gasteiger partial charge in [-0.1, -0.05) is 24.3 Å². The summed E-state index contributed by atoms with van der Waals surface area (Å²) in [5.41, 5.74) is 4.87. The van der Waals surface area contributed by atoms with E-state index in [0.29, 0.717) is 0 Å². The molecule has 0 aliphatic carbocycles. The van der Waals surface area contributed by atoms with E-state index in [2.05, 4.69) is 77.3 Å². The van der Waals surface area contributed by atoms with Gasteiger partial charge in [0.25, 0.3) is 0 Å². The second-order valence-electron chi connectivity index (χ2n) is 9.53. The van der Waals surface area contributed by atoms with Gasteiger partial charge in [0.15, 0.2) is 23.0 Å². The molecule has 0 bridgehead atoms. The highest BCUT2D eigenvalue weighted by Gasteiger charge is 2.31. The van der Waals surface area contributed by atoms with Gasteiger partial charge in [-0.25, -0.2) is 0 Å². The summed E-state index contributed by atoms with van der Waals surface area (Å²) in [6.45, 7) is 3.64. The summed E-state index contributed by atoms with van der Waals surface area (Å²) in [6.07, 6.45) is 1.22. The number of nitrogens with zero attached hydrogens (tertiary/aromatic N) is 3. The average molecular weight is 506 g/mol. The van der Waals surface area contributed by atoms with E-state index in [1.54, 1.807) is 28.4 Å².